The molecule has 2 rings (SSSR count). The van der Waals surface area contributed by atoms with E-state index in [4.69, 9.17) is 18.5 Å². The van der Waals surface area contributed by atoms with E-state index in [1.807, 2.05) is 6.92 Å². The van der Waals surface area contributed by atoms with Crippen LogP contribution < -0.4 is 0 Å². The lowest BCUT2D eigenvalue weighted by Crippen LogP contribution is -2.55. The highest BCUT2D eigenvalue weighted by molar-refractivity contribution is 7.47. The molecule has 1 aliphatic heterocycles. The molecule has 2 bridgehead atoms. The number of aliphatic hydroxyl groups is 8. The number of esters is 2. The van der Waals surface area contributed by atoms with E-state index in [-0.39, 0.29) is 19.3 Å². The van der Waals surface area contributed by atoms with Crippen LogP contribution in [0.4, 0.5) is 0 Å². The summed E-state index contributed by atoms with van der Waals surface area (Å²) in [6.07, 6.45) is 4.96. The summed E-state index contributed by atoms with van der Waals surface area (Å²) in [6.45, 7) is 2.76. The molecule has 1 aliphatic carbocycles. The van der Waals surface area contributed by atoms with Crippen LogP contribution in [0.2, 0.25) is 0 Å². The molecule has 0 aromatic rings. The number of phosphoric ester groups is 1. The molecular weight excluding hydrogens is 827 g/mol. The van der Waals surface area contributed by atoms with E-state index in [1.165, 1.54) is 12.2 Å². The van der Waals surface area contributed by atoms with Gasteiger partial charge < -0.3 is 55.2 Å². The van der Waals surface area contributed by atoms with Gasteiger partial charge >= 0.3 is 19.8 Å². The minimum Gasteiger partial charge on any atom is -0.462 e. The first-order chi connectivity index (χ1) is 29.6. The van der Waals surface area contributed by atoms with Crippen molar-refractivity contribution in [3.8, 4) is 0 Å². The number of hydrogen-bond donors (Lipinski definition) is 9. The average molecular weight is 907 g/mol. The molecule has 0 amide bonds. The van der Waals surface area contributed by atoms with Gasteiger partial charge in [0, 0.05) is 31.1 Å². The van der Waals surface area contributed by atoms with Crippen molar-refractivity contribution in [3.63, 3.8) is 0 Å². The van der Waals surface area contributed by atoms with Crippen molar-refractivity contribution in [1.82, 2.24) is 0 Å². The third-order valence-corrected chi connectivity index (χ3v) is 12.5. The molecule has 1 saturated carbocycles. The van der Waals surface area contributed by atoms with Crippen molar-refractivity contribution in [2.75, 3.05) is 13.2 Å². The van der Waals surface area contributed by atoms with Gasteiger partial charge in [0.1, 0.15) is 31.0 Å². The number of aliphatic hydroxyl groups excluding tert-OH is 8. The highest BCUT2D eigenvalue weighted by Crippen LogP contribution is 2.47. The summed E-state index contributed by atoms with van der Waals surface area (Å²) in [7, 11) is -5.43. The fraction of sp³-hybridized carbons (Fsp3) is 0.822. The van der Waals surface area contributed by atoms with Crippen LogP contribution in [0.15, 0.2) is 36.5 Å². The van der Waals surface area contributed by atoms with Gasteiger partial charge in [0.05, 0.1) is 37.1 Å². The predicted octanol–water partition coefficient (Wildman–Crippen LogP) is 4.99. The van der Waals surface area contributed by atoms with Crippen LogP contribution in [0.25, 0.3) is 0 Å². The first kappa shape index (κ1) is 56.1. The Balaban J connectivity index is 2.26. The average Bonchev–Trinajstić information content (AvgIpc) is 3.23. The first-order valence-electron chi connectivity index (χ1n) is 23.0. The Morgan fingerprint density at radius 3 is 2.18 bits per heavy atom. The second kappa shape index (κ2) is 31.8. The molecule has 360 valence electrons. The molecule has 0 spiro atoms. The number of rotatable bonds is 19. The number of allylic oxidation sites excluding steroid dienone is 4. The Kier molecular flexibility index (Phi) is 28.7. The van der Waals surface area contributed by atoms with Crippen LogP contribution >= 0.6 is 7.82 Å². The normalized spacial score (nSPS) is 33.5. The van der Waals surface area contributed by atoms with Crippen molar-refractivity contribution in [2.45, 2.75) is 210 Å². The fourth-order valence-electron chi connectivity index (χ4n) is 7.71. The number of carbonyl (C=O) groups excluding carboxylic acids is 2. The number of phosphoric acid groups is 1. The molecule has 1 heterocycles. The third kappa shape index (κ3) is 22.2. The van der Waals surface area contributed by atoms with Crippen LogP contribution in [-0.4, -0.2) is 132 Å². The maximum Gasteiger partial charge on any atom is 0.472 e. The van der Waals surface area contributed by atoms with Crippen LogP contribution in [0, 0.1) is 11.8 Å². The van der Waals surface area contributed by atoms with Crippen molar-refractivity contribution < 1.29 is 78.4 Å². The van der Waals surface area contributed by atoms with Crippen LogP contribution in [0.1, 0.15) is 149 Å². The van der Waals surface area contributed by atoms with Gasteiger partial charge in [-0.25, -0.2) is 4.57 Å². The summed E-state index contributed by atoms with van der Waals surface area (Å²) in [5.41, 5.74) is 0. The SMILES string of the molecule is CCC/C=C\C/C=C\CCCCCCCC(=O)O[C@@H]1COC(=O)CCCCCC[C@@H]2[C@@H](O)[C@H](O)[C@@H](O)[C@H](OP(=O)(O)OC1)[C@H](O)[C@H](O)[C@@H](C=C[C@@H](O)CCCCC)[C@H](O)C[C@@H]2O. The number of unbranched alkanes of at least 4 members (excludes halogenated alkanes) is 8. The molecule has 62 heavy (non-hydrogen) atoms. The Labute approximate surface area is 368 Å². The Hall–Kier alpha value is -2.05. The van der Waals surface area contributed by atoms with E-state index in [9.17, 15) is 59.9 Å². The molecule has 2 fully saturated rings. The smallest absolute Gasteiger partial charge is 0.462 e. The zero-order valence-electron chi connectivity index (χ0n) is 37.0. The van der Waals surface area contributed by atoms with Gasteiger partial charge in [0.2, 0.25) is 0 Å². The number of hydrogen-bond acceptors (Lipinski definition) is 15. The minimum absolute atomic E-state index is 0.00477. The van der Waals surface area contributed by atoms with Crippen molar-refractivity contribution in [3.05, 3.63) is 36.5 Å². The highest BCUT2D eigenvalue weighted by Gasteiger charge is 2.49. The first-order valence-corrected chi connectivity index (χ1v) is 24.5. The van der Waals surface area contributed by atoms with Gasteiger partial charge in [-0.2, -0.15) is 0 Å². The number of carbonyl (C=O) groups is 2. The maximum atomic E-state index is 13.5. The van der Waals surface area contributed by atoms with Gasteiger partial charge in [-0.3, -0.25) is 18.6 Å². The van der Waals surface area contributed by atoms with Gasteiger partial charge in [-0.15, -0.1) is 0 Å². The summed E-state index contributed by atoms with van der Waals surface area (Å²) in [4.78, 5) is 36.4. The minimum atomic E-state index is -5.43. The van der Waals surface area contributed by atoms with E-state index >= 15 is 0 Å². The van der Waals surface area contributed by atoms with Crippen molar-refractivity contribution in [1.29, 1.82) is 0 Å². The zero-order chi connectivity index (χ0) is 45.9. The Morgan fingerprint density at radius 2 is 1.45 bits per heavy atom. The second-order valence-corrected chi connectivity index (χ2v) is 18.3. The number of fused-ring (bicyclic) bond motifs is 4. The molecule has 0 aromatic carbocycles. The second-order valence-electron chi connectivity index (χ2n) is 16.9. The lowest BCUT2D eigenvalue weighted by Gasteiger charge is -2.37. The molecule has 17 heteroatoms. The van der Waals surface area contributed by atoms with E-state index in [0.29, 0.717) is 44.9 Å². The summed E-state index contributed by atoms with van der Waals surface area (Å²) in [5, 5.41) is 90.1. The van der Waals surface area contributed by atoms with Crippen molar-refractivity contribution >= 4 is 19.8 Å². The molecule has 0 radical (unpaired) electrons. The molecule has 1 saturated heterocycles. The fourth-order valence-corrected chi connectivity index (χ4v) is 8.69. The monoisotopic (exact) mass is 907 g/mol. The molecule has 0 aromatic heterocycles. The molecule has 9 N–H and O–H groups in total. The third-order valence-electron chi connectivity index (χ3n) is 11.5. The predicted molar refractivity (Wildman–Crippen MR) is 232 cm³/mol. The van der Waals surface area contributed by atoms with E-state index in [1.54, 1.807) is 0 Å². The van der Waals surface area contributed by atoms with Gasteiger partial charge in [0.25, 0.3) is 0 Å². The lowest BCUT2D eigenvalue weighted by atomic mass is 9.82. The zero-order valence-corrected chi connectivity index (χ0v) is 37.9. The maximum absolute atomic E-state index is 13.5. The van der Waals surface area contributed by atoms with E-state index in [2.05, 4.69) is 31.2 Å². The highest BCUT2D eigenvalue weighted by atomic mass is 31.2. The van der Waals surface area contributed by atoms with Gasteiger partial charge in [-0.05, 0) is 51.4 Å². The molecular formula is C45H79O16P. The summed E-state index contributed by atoms with van der Waals surface area (Å²) < 4.78 is 34.7. The number of ether oxygens (including phenoxy) is 2. The van der Waals surface area contributed by atoms with Crippen molar-refractivity contribution in [2.24, 2.45) is 11.8 Å². The number of cyclic esters (lactones) is 1. The standard InChI is InChI=1S/C45H79O16P/c1-3-5-7-8-9-10-11-12-13-14-15-16-22-26-39(50)60-33-30-58-38(49)25-21-18-17-20-24-34-36(47)29-37(48)35(28-27-32(46)23-19-6-4-2)41(52)43(54)45(44(55)42(53)40(34)51)61-62(56,57)59-31-33/h7-8,10-11,27-28,32-37,40-48,51-55H,3-6,9,12-26,29-31H2,1-2H3,(H,56,57)/b8-7-,11-10-,28-27?/t32-,33+,34-,35-,36-,37+,40+,41+,42-,43+,44+,45+/m0/s1. The Morgan fingerprint density at radius 1 is 0.774 bits per heavy atom. The molecule has 1 unspecified atom stereocenters. The summed E-state index contributed by atoms with van der Waals surface area (Å²) in [5.74, 6) is -3.91. The molecule has 2 aliphatic rings. The largest absolute Gasteiger partial charge is 0.472 e. The van der Waals surface area contributed by atoms with E-state index < -0.39 is 112 Å². The van der Waals surface area contributed by atoms with Crippen LogP contribution in [0.3, 0.4) is 0 Å². The van der Waals surface area contributed by atoms with Gasteiger partial charge in [0.15, 0.2) is 6.10 Å². The van der Waals surface area contributed by atoms with Crippen LogP contribution in [0.5, 0.6) is 0 Å². The topological polar surface area (TPSA) is 270 Å². The quantitative estimate of drug-likeness (QED) is 0.0358. The lowest BCUT2D eigenvalue weighted by molar-refractivity contribution is -0.167. The Bertz CT molecular complexity index is 1360. The van der Waals surface area contributed by atoms with Crippen LogP contribution in [-0.2, 0) is 32.7 Å². The van der Waals surface area contributed by atoms with E-state index in [0.717, 1.165) is 64.2 Å². The summed E-state index contributed by atoms with van der Waals surface area (Å²) in [6, 6.07) is 0. The molecule has 13 atom stereocenters. The summed E-state index contributed by atoms with van der Waals surface area (Å²) >= 11 is 0. The van der Waals surface area contributed by atoms with Gasteiger partial charge in [-0.1, -0.05) is 115 Å². The molecule has 16 nitrogen and oxygen atoms in total.